The minimum Gasteiger partial charge on any atom is -0.489 e. The van der Waals surface area contributed by atoms with Gasteiger partial charge in [-0.25, -0.2) is 14.4 Å². The summed E-state index contributed by atoms with van der Waals surface area (Å²) >= 11 is 15.6. The van der Waals surface area contributed by atoms with Gasteiger partial charge in [-0.2, -0.15) is 0 Å². The van der Waals surface area contributed by atoms with Gasteiger partial charge >= 0.3 is 0 Å². The highest BCUT2D eigenvalue weighted by Crippen LogP contribution is 2.42. The topological polar surface area (TPSA) is 39.4 Å². The third kappa shape index (κ3) is 3.30. The lowest BCUT2D eigenvalue weighted by molar-refractivity contribution is 0.236. The number of nitrogens with zero attached hydrogens (tertiary/aromatic N) is 3. The normalized spacial score (nSPS) is 12.8. The summed E-state index contributed by atoms with van der Waals surface area (Å²) in [5, 5.41) is 0.403. The van der Waals surface area contributed by atoms with Crippen LogP contribution in [0.2, 0.25) is 10.2 Å². The summed E-state index contributed by atoms with van der Waals surface area (Å²) in [6.07, 6.45) is 3.29. The minimum absolute atomic E-state index is 0.0205. The summed E-state index contributed by atoms with van der Waals surface area (Å²) in [5.74, 6) is 0.390. The Morgan fingerprint density at radius 1 is 1.27 bits per heavy atom. The van der Waals surface area contributed by atoms with Gasteiger partial charge in [0.25, 0.3) is 0 Å². The van der Waals surface area contributed by atoms with Crippen LogP contribution >= 0.6 is 39.1 Å². The molecule has 8 heteroatoms. The predicted octanol–water partition coefficient (Wildman–Crippen LogP) is 6.19. The molecule has 138 valence electrons. The van der Waals surface area contributed by atoms with Crippen LogP contribution in [-0.2, 0) is 0 Å². The first-order valence-corrected chi connectivity index (χ1v) is 9.60. The molecule has 1 atom stereocenters. The Morgan fingerprint density at radius 2 is 1.96 bits per heavy atom. The van der Waals surface area contributed by atoms with E-state index in [2.05, 4.69) is 25.9 Å². The highest BCUT2D eigenvalue weighted by atomic mass is 79.9. The number of ether oxygens (including phenoxy) is 1. The maximum atomic E-state index is 14.3. The Bertz CT molecular complexity index is 990. The zero-order valence-corrected chi connectivity index (χ0v) is 17.7. The summed E-state index contributed by atoms with van der Waals surface area (Å²) in [5.41, 5.74) is 2.25. The predicted molar refractivity (Wildman–Crippen MR) is 105 cm³/mol. The third-order valence-electron chi connectivity index (χ3n) is 4.07. The zero-order valence-electron chi connectivity index (χ0n) is 14.6. The van der Waals surface area contributed by atoms with Crippen LogP contribution in [0.4, 0.5) is 4.39 Å². The second-order valence-electron chi connectivity index (χ2n) is 6.29. The fourth-order valence-corrected chi connectivity index (χ4v) is 4.06. The Balaban J connectivity index is 2.23. The van der Waals surface area contributed by atoms with E-state index in [1.807, 2.05) is 32.1 Å². The van der Waals surface area contributed by atoms with E-state index in [1.165, 1.54) is 0 Å². The number of hydrogen-bond donors (Lipinski definition) is 0. The molecule has 0 unspecified atom stereocenters. The summed E-state index contributed by atoms with van der Waals surface area (Å²) in [6, 6.07) is 1.59. The number of fused-ring (bicyclic) bond motifs is 1. The second-order valence-corrected chi connectivity index (χ2v) is 7.84. The van der Waals surface area contributed by atoms with Crippen molar-refractivity contribution in [1.82, 2.24) is 14.4 Å². The largest absolute Gasteiger partial charge is 0.489 e. The molecule has 0 aliphatic heterocycles. The van der Waals surface area contributed by atoms with Crippen molar-refractivity contribution in [3.8, 4) is 5.75 Å². The van der Waals surface area contributed by atoms with Crippen molar-refractivity contribution < 1.29 is 9.13 Å². The molecule has 0 saturated heterocycles. The second kappa shape index (κ2) is 7.33. The van der Waals surface area contributed by atoms with E-state index >= 15 is 0 Å². The zero-order chi connectivity index (χ0) is 19.2. The van der Waals surface area contributed by atoms with Crippen LogP contribution in [0.15, 0.2) is 22.9 Å². The molecule has 0 amide bonds. The summed E-state index contributed by atoms with van der Waals surface area (Å²) < 4.78 is 22.3. The van der Waals surface area contributed by atoms with Gasteiger partial charge in [0.05, 0.1) is 21.3 Å². The van der Waals surface area contributed by atoms with Crippen LogP contribution in [-0.4, -0.2) is 20.5 Å². The van der Waals surface area contributed by atoms with Crippen LogP contribution in [0.5, 0.6) is 5.75 Å². The van der Waals surface area contributed by atoms with Crippen LogP contribution in [0.3, 0.4) is 0 Å². The number of benzene rings is 1. The number of rotatable bonds is 4. The van der Waals surface area contributed by atoms with Gasteiger partial charge in [0.1, 0.15) is 17.1 Å². The molecular formula is C18H17BrCl2FN3O. The van der Waals surface area contributed by atoms with Crippen molar-refractivity contribution in [2.75, 3.05) is 0 Å². The Morgan fingerprint density at radius 3 is 2.62 bits per heavy atom. The molecule has 26 heavy (non-hydrogen) atoms. The first-order valence-electron chi connectivity index (χ1n) is 8.05. The molecule has 4 nitrogen and oxygen atoms in total. The molecule has 0 saturated carbocycles. The Kier molecular flexibility index (Phi) is 5.47. The van der Waals surface area contributed by atoms with E-state index in [9.17, 15) is 4.39 Å². The number of halogens is 4. The first-order chi connectivity index (χ1) is 12.2. The minimum atomic E-state index is -0.547. The van der Waals surface area contributed by atoms with Gasteiger partial charge in [0, 0.05) is 23.9 Å². The fourth-order valence-electron chi connectivity index (χ4n) is 2.91. The Labute approximate surface area is 169 Å². The van der Waals surface area contributed by atoms with Gasteiger partial charge in [0.2, 0.25) is 0 Å². The molecule has 0 radical (unpaired) electrons. The van der Waals surface area contributed by atoms with Crippen molar-refractivity contribution in [2.45, 2.75) is 39.7 Å². The van der Waals surface area contributed by atoms with Gasteiger partial charge in [-0.1, -0.05) is 30.1 Å². The summed E-state index contributed by atoms with van der Waals surface area (Å²) in [4.78, 5) is 8.77. The molecule has 2 aromatic heterocycles. The van der Waals surface area contributed by atoms with E-state index < -0.39 is 5.82 Å². The molecule has 0 aliphatic carbocycles. The lowest BCUT2D eigenvalue weighted by Crippen LogP contribution is -2.12. The highest BCUT2D eigenvalue weighted by Gasteiger charge is 2.26. The van der Waals surface area contributed by atoms with Crippen molar-refractivity contribution in [2.24, 2.45) is 0 Å². The maximum Gasteiger partial charge on any atom is 0.159 e. The number of aromatic nitrogens is 3. The maximum absolute atomic E-state index is 14.3. The molecule has 1 aromatic carbocycles. The first kappa shape index (κ1) is 19.4. The van der Waals surface area contributed by atoms with E-state index in [-0.39, 0.29) is 21.5 Å². The molecule has 0 spiro atoms. The molecule has 0 aliphatic rings. The lowest BCUT2D eigenvalue weighted by Gasteiger charge is -2.21. The third-order valence-corrected chi connectivity index (χ3v) is 5.33. The smallest absolute Gasteiger partial charge is 0.159 e. The van der Waals surface area contributed by atoms with Crippen molar-refractivity contribution in [1.29, 1.82) is 0 Å². The molecule has 0 bridgehead atoms. The van der Waals surface area contributed by atoms with E-state index in [0.717, 1.165) is 22.6 Å². The van der Waals surface area contributed by atoms with Gasteiger partial charge in [0.15, 0.2) is 11.0 Å². The molecular weight excluding hydrogens is 444 g/mol. The van der Waals surface area contributed by atoms with Crippen LogP contribution in [0, 0.1) is 12.7 Å². The van der Waals surface area contributed by atoms with Gasteiger partial charge in [-0.3, -0.25) is 4.40 Å². The van der Waals surface area contributed by atoms with Gasteiger partial charge in [-0.05, 0) is 42.8 Å². The van der Waals surface area contributed by atoms with E-state index in [0.29, 0.717) is 10.9 Å². The van der Waals surface area contributed by atoms with Crippen molar-refractivity contribution in [3.63, 3.8) is 0 Å². The molecule has 2 heterocycles. The molecule has 3 rings (SSSR count). The van der Waals surface area contributed by atoms with Crippen molar-refractivity contribution in [3.05, 3.63) is 56.0 Å². The van der Waals surface area contributed by atoms with Crippen LogP contribution in [0.25, 0.3) is 5.52 Å². The monoisotopic (exact) mass is 459 g/mol. The lowest BCUT2D eigenvalue weighted by atomic mass is 9.99. The van der Waals surface area contributed by atoms with Crippen molar-refractivity contribution >= 4 is 44.6 Å². The van der Waals surface area contributed by atoms with Gasteiger partial charge < -0.3 is 4.74 Å². The highest BCUT2D eigenvalue weighted by molar-refractivity contribution is 9.10. The van der Waals surface area contributed by atoms with E-state index in [1.54, 1.807) is 18.5 Å². The molecule has 0 N–H and O–H groups in total. The SMILES string of the molecule is Cc1nc([C@@H](C)c2cc(Cl)c(F)c(Br)c2OC(C)C)n2ccnc(Cl)c12. The summed E-state index contributed by atoms with van der Waals surface area (Å²) in [6.45, 7) is 7.60. The quantitative estimate of drug-likeness (QED) is 0.436. The summed E-state index contributed by atoms with van der Waals surface area (Å²) in [7, 11) is 0. The van der Waals surface area contributed by atoms with Crippen LogP contribution < -0.4 is 4.74 Å². The van der Waals surface area contributed by atoms with Gasteiger partial charge in [-0.15, -0.1) is 0 Å². The number of aryl methyl sites for hydroxylation is 1. The molecule has 0 fully saturated rings. The fraction of sp³-hybridized carbons (Fsp3) is 0.333. The standard InChI is InChI=1S/C18H17BrCl2FN3O/c1-8(2)26-16-11(7-12(20)14(22)13(16)19)9(3)18-24-10(4)15-17(21)23-5-6-25(15)18/h5-9H,1-4H3/t9-/m0/s1. The van der Waals surface area contributed by atoms with Crippen LogP contribution in [0.1, 0.15) is 43.8 Å². The Hall–Kier alpha value is -1.37. The van der Waals surface area contributed by atoms with E-state index in [4.69, 9.17) is 27.9 Å². The number of hydrogen-bond acceptors (Lipinski definition) is 3. The average molecular weight is 461 g/mol. The average Bonchev–Trinajstić information content (AvgIpc) is 2.92. The molecule has 3 aromatic rings. The number of imidazole rings is 1.